The Kier molecular flexibility index (Phi) is 5.61. The summed E-state index contributed by atoms with van der Waals surface area (Å²) in [5.41, 5.74) is 0. The van der Waals surface area contributed by atoms with Gasteiger partial charge in [0.15, 0.2) is 4.90 Å². The predicted octanol–water partition coefficient (Wildman–Crippen LogP) is 5.71. The fraction of sp³-hybridized carbons (Fsp3) is 0. The number of benzene rings is 2. The molecular formula is C12H11F6S2Sb. The van der Waals surface area contributed by atoms with E-state index in [1.807, 2.05) is 22.9 Å². The van der Waals surface area contributed by atoms with Gasteiger partial charge in [-0.25, -0.2) is 0 Å². The van der Waals surface area contributed by atoms with E-state index in [4.69, 9.17) is 0 Å². The van der Waals surface area contributed by atoms with Crippen LogP contribution < -0.4 is 0 Å². The first kappa shape index (κ1) is 18.6. The largest absolute Gasteiger partial charge is 0.165 e. The van der Waals surface area contributed by atoms with Crippen molar-refractivity contribution in [2.45, 2.75) is 9.79 Å². The minimum atomic E-state index is -11.2. The summed E-state index contributed by atoms with van der Waals surface area (Å²) in [6.07, 6.45) is 0. The van der Waals surface area contributed by atoms with E-state index in [9.17, 15) is 16.9 Å². The Morgan fingerprint density at radius 1 is 0.667 bits per heavy atom. The van der Waals surface area contributed by atoms with Crippen molar-refractivity contribution in [3.05, 3.63) is 60.7 Å². The van der Waals surface area contributed by atoms with E-state index in [0.717, 1.165) is 0 Å². The molecule has 0 atom stereocenters. The first-order valence-corrected chi connectivity index (χ1v) is 13.6. The van der Waals surface area contributed by atoms with Crippen LogP contribution in [0.1, 0.15) is 0 Å². The van der Waals surface area contributed by atoms with Gasteiger partial charge in [-0.2, -0.15) is 0 Å². The molecule has 2 rings (SSSR count). The molecule has 0 heterocycles. The summed E-state index contributed by atoms with van der Waals surface area (Å²) >= 11 is -11.2. The van der Waals surface area contributed by atoms with Gasteiger partial charge in [0.1, 0.15) is 10.8 Å². The van der Waals surface area contributed by atoms with E-state index >= 15 is 0 Å². The van der Waals surface area contributed by atoms with Crippen LogP contribution in [0.4, 0.5) is 16.9 Å². The number of halogens is 6. The molecule has 0 aliphatic carbocycles. The van der Waals surface area contributed by atoms with Crippen LogP contribution in [0.5, 0.6) is 0 Å². The van der Waals surface area contributed by atoms with Crippen LogP contribution in [-0.4, -0.2) is 19.5 Å². The maximum Gasteiger partial charge on any atom is 0.165 e. The van der Waals surface area contributed by atoms with Crippen LogP contribution in [0.2, 0.25) is 0 Å². The first-order chi connectivity index (χ1) is 9.40. The number of rotatable bonds is 3. The minimum absolute atomic E-state index is 1.29. The van der Waals surface area contributed by atoms with Crippen molar-refractivity contribution in [2.24, 2.45) is 0 Å². The number of hydrogen-bond donors (Lipinski definition) is 0. The fourth-order valence-electron chi connectivity index (χ4n) is 1.08. The maximum atomic E-state index is 9.93. The van der Waals surface area contributed by atoms with Crippen molar-refractivity contribution in [3.63, 3.8) is 0 Å². The maximum absolute atomic E-state index is 11.2. The Bertz CT molecular complexity index is 505. The van der Waals surface area contributed by atoms with Gasteiger partial charge >= 0.3 is 36.4 Å². The monoisotopic (exact) mass is 454 g/mol. The first-order valence-electron chi connectivity index (χ1n) is 5.45. The molecule has 0 radical (unpaired) electrons. The summed E-state index contributed by atoms with van der Waals surface area (Å²) in [7, 11) is 3.14. The van der Waals surface area contributed by atoms with Crippen LogP contribution in [-0.2, 0) is 10.8 Å². The second kappa shape index (κ2) is 6.34. The summed E-state index contributed by atoms with van der Waals surface area (Å²) in [4.78, 5) is 2.67. The molecule has 0 spiro atoms. The Balaban J connectivity index is 0.000000270. The van der Waals surface area contributed by atoms with Gasteiger partial charge in [-0.1, -0.05) is 36.4 Å². The van der Waals surface area contributed by atoms with E-state index in [-0.39, 0.29) is 0 Å². The second-order valence-corrected chi connectivity index (χ2v) is 11.7. The fourth-order valence-corrected chi connectivity index (χ4v) is 3.22. The standard InChI is InChI=1S/C12H10S2.6FH.Sb/c1-3-7-11(8-4-1)13-14-12-9-5-2-6-10-12;;;;;;;/h1-10H;6*1H;/q;;;;;;;+5/p-5. The van der Waals surface area contributed by atoms with Crippen molar-refractivity contribution in [1.82, 2.24) is 0 Å². The van der Waals surface area contributed by atoms with Gasteiger partial charge in [-0.05, 0) is 24.3 Å². The molecule has 9 heteroatoms. The van der Waals surface area contributed by atoms with Gasteiger partial charge < -0.3 is 0 Å². The summed E-state index contributed by atoms with van der Waals surface area (Å²) in [6, 6.07) is 21.0. The summed E-state index contributed by atoms with van der Waals surface area (Å²) < 4.78 is 59.6. The van der Waals surface area contributed by atoms with Gasteiger partial charge in [0, 0.05) is 0 Å². The third-order valence-electron chi connectivity index (χ3n) is 1.76. The molecule has 2 aromatic rings. The number of thiol groups is 1. The predicted molar refractivity (Wildman–Crippen MR) is 78.2 cm³/mol. The van der Waals surface area contributed by atoms with Crippen LogP contribution in [0, 0.1) is 0 Å². The molecule has 0 fully saturated rings. The van der Waals surface area contributed by atoms with Crippen molar-refractivity contribution in [3.8, 4) is 0 Å². The zero-order valence-electron chi connectivity index (χ0n) is 10.3. The van der Waals surface area contributed by atoms with E-state index < -0.39 is 19.5 Å². The van der Waals surface area contributed by atoms with Crippen LogP contribution in [0.15, 0.2) is 70.5 Å². The molecule has 2 aromatic carbocycles. The smallest absolute Gasteiger partial charge is 0.0622 e. The third-order valence-corrected chi connectivity index (χ3v) is 4.38. The van der Waals surface area contributed by atoms with E-state index in [1.54, 1.807) is 0 Å². The zero-order valence-corrected chi connectivity index (χ0v) is 14.6. The molecule has 0 saturated heterocycles. The van der Waals surface area contributed by atoms with Gasteiger partial charge in [-0.15, -0.1) is 0 Å². The van der Waals surface area contributed by atoms with E-state index in [2.05, 4.69) is 48.5 Å². The van der Waals surface area contributed by atoms with Crippen LogP contribution >= 0.6 is 10.8 Å². The molecule has 21 heavy (non-hydrogen) atoms. The van der Waals surface area contributed by atoms with Crippen LogP contribution in [0.25, 0.3) is 0 Å². The van der Waals surface area contributed by atoms with Gasteiger partial charge in [-0.3, -0.25) is 0 Å². The molecular weight excluding hydrogens is 444 g/mol. The molecule has 0 aromatic heterocycles. The normalized spacial score (nSPS) is 14.4. The second-order valence-electron chi connectivity index (χ2n) is 3.79. The topological polar surface area (TPSA) is 0 Å². The summed E-state index contributed by atoms with van der Waals surface area (Å²) in [5, 5.41) is 0. The molecule has 0 N–H and O–H groups in total. The Morgan fingerprint density at radius 3 is 1.48 bits per heavy atom. The molecule has 0 aliphatic heterocycles. The van der Waals surface area contributed by atoms with E-state index in [1.165, 1.54) is 20.6 Å². The Hall–Kier alpha value is -0.462. The minimum Gasteiger partial charge on any atom is -0.0622 e. The van der Waals surface area contributed by atoms with Gasteiger partial charge in [0.25, 0.3) is 0 Å². The average molecular weight is 455 g/mol. The Morgan fingerprint density at radius 2 is 1.05 bits per heavy atom. The average Bonchev–Trinajstić information content (AvgIpc) is 2.35. The van der Waals surface area contributed by atoms with Crippen LogP contribution in [0.3, 0.4) is 0 Å². The molecule has 0 unspecified atom stereocenters. The van der Waals surface area contributed by atoms with Crippen molar-refractivity contribution in [2.75, 3.05) is 0 Å². The van der Waals surface area contributed by atoms with Crippen molar-refractivity contribution < 1.29 is 16.9 Å². The van der Waals surface area contributed by atoms with Crippen molar-refractivity contribution >= 4 is 41.1 Å². The molecule has 118 valence electrons. The van der Waals surface area contributed by atoms with Crippen molar-refractivity contribution in [1.29, 1.82) is 0 Å². The molecule has 0 saturated carbocycles. The number of hydrogen-bond acceptors (Lipinski definition) is 1. The quantitative estimate of drug-likeness (QED) is 0.188. The third kappa shape index (κ3) is 14.2. The zero-order chi connectivity index (χ0) is 16.0. The molecule has 0 bridgehead atoms. The SMILES string of the molecule is [F][Sb-]([F])([F])([F])([F])[F].c1ccc(S[SH+]c2ccccc2)cc1. The molecule has 0 nitrogen and oxygen atoms in total. The van der Waals surface area contributed by atoms with Gasteiger partial charge in [0.05, 0.1) is 15.7 Å². The summed E-state index contributed by atoms with van der Waals surface area (Å²) in [6.45, 7) is 0. The molecule has 0 amide bonds. The molecule has 0 aliphatic rings. The van der Waals surface area contributed by atoms with E-state index in [0.29, 0.717) is 0 Å². The van der Waals surface area contributed by atoms with Gasteiger partial charge in [0.2, 0.25) is 0 Å². The Labute approximate surface area is 128 Å². The summed E-state index contributed by atoms with van der Waals surface area (Å²) in [5.74, 6) is 0.